The summed E-state index contributed by atoms with van der Waals surface area (Å²) in [5, 5.41) is 21.2. The third-order valence-electron chi connectivity index (χ3n) is 5.38. The first-order valence-corrected chi connectivity index (χ1v) is 9.33. The molecular formula is C19H27N5O3. The van der Waals surface area contributed by atoms with Gasteiger partial charge in [-0.05, 0) is 38.2 Å². The SMILES string of the molecule is CC1CC(C)CN(C(C)(C)CNC(=O)c2n[nH]c3ccc([N+](=O)[O-])cc23)C1. The molecule has 0 radical (unpaired) electrons. The summed E-state index contributed by atoms with van der Waals surface area (Å²) < 4.78 is 0. The van der Waals surface area contributed by atoms with Crippen molar-refractivity contribution in [1.29, 1.82) is 0 Å². The summed E-state index contributed by atoms with van der Waals surface area (Å²) in [4.78, 5) is 25.6. The number of amides is 1. The Morgan fingerprint density at radius 3 is 2.67 bits per heavy atom. The highest BCUT2D eigenvalue weighted by Gasteiger charge is 2.33. The summed E-state index contributed by atoms with van der Waals surface area (Å²) in [6.07, 6.45) is 1.23. The Morgan fingerprint density at radius 1 is 1.37 bits per heavy atom. The normalized spacial score (nSPS) is 21.3. The molecule has 1 fully saturated rings. The van der Waals surface area contributed by atoms with Gasteiger partial charge in [0.05, 0.1) is 10.4 Å². The highest BCUT2D eigenvalue weighted by atomic mass is 16.6. The van der Waals surface area contributed by atoms with Crippen LogP contribution in [0.2, 0.25) is 0 Å². The van der Waals surface area contributed by atoms with E-state index >= 15 is 0 Å². The largest absolute Gasteiger partial charge is 0.349 e. The average molecular weight is 373 g/mol. The van der Waals surface area contributed by atoms with E-state index in [4.69, 9.17) is 0 Å². The topological polar surface area (TPSA) is 104 Å². The lowest BCUT2D eigenvalue weighted by Crippen LogP contribution is -2.56. The van der Waals surface area contributed by atoms with Crippen molar-refractivity contribution in [1.82, 2.24) is 20.4 Å². The van der Waals surface area contributed by atoms with E-state index in [0.717, 1.165) is 13.1 Å². The number of likely N-dealkylation sites (tertiary alicyclic amines) is 1. The quantitative estimate of drug-likeness (QED) is 0.619. The molecule has 1 aliphatic rings. The fourth-order valence-electron chi connectivity index (χ4n) is 3.94. The molecule has 146 valence electrons. The van der Waals surface area contributed by atoms with Gasteiger partial charge in [0.2, 0.25) is 0 Å². The number of fused-ring (bicyclic) bond motifs is 1. The third kappa shape index (κ3) is 4.10. The van der Waals surface area contributed by atoms with Crippen molar-refractivity contribution in [2.75, 3.05) is 19.6 Å². The number of nitro benzene ring substituents is 1. The number of hydrogen-bond donors (Lipinski definition) is 2. The number of nitrogens with zero attached hydrogens (tertiary/aromatic N) is 3. The number of nitro groups is 1. The molecule has 8 heteroatoms. The molecule has 2 N–H and O–H groups in total. The minimum atomic E-state index is -0.476. The molecule has 27 heavy (non-hydrogen) atoms. The maximum absolute atomic E-state index is 12.7. The monoisotopic (exact) mass is 373 g/mol. The molecule has 1 amide bonds. The van der Waals surface area contributed by atoms with Crippen molar-refractivity contribution in [2.45, 2.75) is 39.7 Å². The van der Waals surface area contributed by atoms with Crippen molar-refractivity contribution >= 4 is 22.5 Å². The number of carbonyl (C=O) groups is 1. The molecule has 3 rings (SSSR count). The van der Waals surface area contributed by atoms with Crippen LogP contribution >= 0.6 is 0 Å². The first-order chi connectivity index (χ1) is 12.7. The molecular weight excluding hydrogens is 346 g/mol. The van der Waals surface area contributed by atoms with Crippen LogP contribution in [0.25, 0.3) is 10.9 Å². The number of H-pyrrole nitrogens is 1. The summed E-state index contributed by atoms with van der Waals surface area (Å²) in [6.45, 7) is 11.3. The minimum Gasteiger partial charge on any atom is -0.349 e. The van der Waals surface area contributed by atoms with E-state index in [-0.39, 0.29) is 22.8 Å². The van der Waals surface area contributed by atoms with Gasteiger partial charge < -0.3 is 5.32 Å². The van der Waals surface area contributed by atoms with Gasteiger partial charge in [-0.3, -0.25) is 24.9 Å². The van der Waals surface area contributed by atoms with Crippen LogP contribution in [0.4, 0.5) is 5.69 Å². The number of piperidine rings is 1. The van der Waals surface area contributed by atoms with Gasteiger partial charge in [0, 0.05) is 42.7 Å². The van der Waals surface area contributed by atoms with Crippen LogP contribution in [-0.2, 0) is 0 Å². The Hall–Kier alpha value is -2.48. The Morgan fingerprint density at radius 2 is 2.04 bits per heavy atom. The van der Waals surface area contributed by atoms with Gasteiger partial charge in [-0.1, -0.05) is 13.8 Å². The maximum Gasteiger partial charge on any atom is 0.272 e. The smallest absolute Gasteiger partial charge is 0.272 e. The van der Waals surface area contributed by atoms with Gasteiger partial charge in [0.15, 0.2) is 5.69 Å². The van der Waals surface area contributed by atoms with Gasteiger partial charge >= 0.3 is 0 Å². The van der Waals surface area contributed by atoms with Crippen LogP contribution in [0.5, 0.6) is 0 Å². The molecule has 2 unspecified atom stereocenters. The van der Waals surface area contributed by atoms with Gasteiger partial charge in [0.25, 0.3) is 11.6 Å². The van der Waals surface area contributed by atoms with Crippen molar-refractivity contribution < 1.29 is 9.72 Å². The standard InChI is InChI=1S/C19H27N5O3/c1-12-7-13(2)10-23(9-12)19(3,4)11-20-18(25)17-15-8-14(24(26)27)5-6-16(15)21-22-17/h5-6,8,12-13H,7,9-11H2,1-4H3,(H,20,25)(H,21,22). The first kappa shape index (κ1) is 19.3. The summed E-state index contributed by atoms with van der Waals surface area (Å²) in [7, 11) is 0. The molecule has 8 nitrogen and oxygen atoms in total. The summed E-state index contributed by atoms with van der Waals surface area (Å²) in [6, 6.07) is 4.34. The Bertz CT molecular complexity index is 850. The zero-order chi connectivity index (χ0) is 19.8. The molecule has 1 aromatic heterocycles. The van der Waals surface area contributed by atoms with E-state index in [1.807, 2.05) is 0 Å². The van der Waals surface area contributed by atoms with E-state index < -0.39 is 4.92 Å². The summed E-state index contributed by atoms with van der Waals surface area (Å²) >= 11 is 0. The second-order valence-corrected chi connectivity index (χ2v) is 8.41. The fraction of sp³-hybridized carbons (Fsp3) is 0.579. The second kappa shape index (κ2) is 7.26. The molecule has 1 aromatic carbocycles. The molecule has 0 aliphatic carbocycles. The molecule has 1 aliphatic heterocycles. The van der Waals surface area contributed by atoms with Crippen LogP contribution in [0.3, 0.4) is 0 Å². The van der Waals surface area contributed by atoms with E-state index in [0.29, 0.717) is 29.3 Å². The van der Waals surface area contributed by atoms with E-state index in [1.54, 1.807) is 6.07 Å². The van der Waals surface area contributed by atoms with Crippen LogP contribution in [0.15, 0.2) is 18.2 Å². The van der Waals surface area contributed by atoms with Gasteiger partial charge in [-0.15, -0.1) is 0 Å². The van der Waals surface area contributed by atoms with Gasteiger partial charge in [-0.2, -0.15) is 5.10 Å². The summed E-state index contributed by atoms with van der Waals surface area (Å²) in [5.41, 5.74) is 0.541. The van der Waals surface area contributed by atoms with E-state index in [1.165, 1.54) is 18.6 Å². The lowest BCUT2D eigenvalue weighted by molar-refractivity contribution is -0.384. The lowest BCUT2D eigenvalue weighted by atomic mass is 9.88. The fourth-order valence-corrected chi connectivity index (χ4v) is 3.94. The molecule has 0 spiro atoms. The van der Waals surface area contributed by atoms with Crippen molar-refractivity contribution in [3.8, 4) is 0 Å². The van der Waals surface area contributed by atoms with Crippen LogP contribution in [-0.4, -0.2) is 51.1 Å². The predicted molar refractivity (Wildman–Crippen MR) is 104 cm³/mol. The van der Waals surface area contributed by atoms with E-state index in [9.17, 15) is 14.9 Å². The highest BCUT2D eigenvalue weighted by Crippen LogP contribution is 2.27. The Balaban J connectivity index is 1.73. The average Bonchev–Trinajstić information content (AvgIpc) is 3.02. The van der Waals surface area contributed by atoms with Gasteiger partial charge in [0.1, 0.15) is 0 Å². The molecule has 2 aromatic rings. The van der Waals surface area contributed by atoms with Crippen LogP contribution < -0.4 is 5.32 Å². The Kier molecular flexibility index (Phi) is 5.19. The third-order valence-corrected chi connectivity index (χ3v) is 5.38. The number of benzene rings is 1. The number of aromatic nitrogens is 2. The van der Waals surface area contributed by atoms with Crippen molar-refractivity contribution in [3.63, 3.8) is 0 Å². The Labute approximate surface area is 158 Å². The maximum atomic E-state index is 12.7. The number of non-ortho nitro benzene ring substituents is 1. The zero-order valence-corrected chi connectivity index (χ0v) is 16.3. The van der Waals surface area contributed by atoms with Gasteiger partial charge in [-0.25, -0.2) is 0 Å². The summed E-state index contributed by atoms with van der Waals surface area (Å²) in [5.74, 6) is 0.951. The molecule has 1 saturated heterocycles. The molecule has 0 saturated carbocycles. The van der Waals surface area contributed by atoms with Crippen molar-refractivity contribution in [2.24, 2.45) is 11.8 Å². The van der Waals surface area contributed by atoms with Crippen LogP contribution in [0, 0.1) is 22.0 Å². The number of nitrogens with one attached hydrogen (secondary N) is 2. The van der Waals surface area contributed by atoms with Crippen LogP contribution in [0.1, 0.15) is 44.6 Å². The molecule has 2 atom stereocenters. The number of rotatable bonds is 5. The number of aromatic amines is 1. The van der Waals surface area contributed by atoms with E-state index in [2.05, 4.69) is 48.1 Å². The molecule has 0 bridgehead atoms. The zero-order valence-electron chi connectivity index (χ0n) is 16.3. The van der Waals surface area contributed by atoms with Crippen molar-refractivity contribution in [3.05, 3.63) is 34.0 Å². The second-order valence-electron chi connectivity index (χ2n) is 8.41. The minimum absolute atomic E-state index is 0.0606. The lowest BCUT2D eigenvalue weighted by Gasteiger charge is -2.45. The molecule has 2 heterocycles. The number of carbonyl (C=O) groups excluding carboxylic acids is 1. The highest BCUT2D eigenvalue weighted by molar-refractivity contribution is 6.05. The predicted octanol–water partition coefficient (Wildman–Crippen LogP) is 2.96. The first-order valence-electron chi connectivity index (χ1n) is 9.33. The number of hydrogen-bond acceptors (Lipinski definition) is 5.